The minimum absolute atomic E-state index is 0.0282. The lowest BCUT2D eigenvalue weighted by Crippen LogP contribution is -2.01. The highest BCUT2D eigenvalue weighted by molar-refractivity contribution is 5.87. The second-order valence-electron chi connectivity index (χ2n) is 2.63. The van der Waals surface area contributed by atoms with Gasteiger partial charge in [-0.3, -0.25) is 0 Å². The number of rotatable bonds is 1. The lowest BCUT2D eigenvalue weighted by molar-refractivity contribution is 0.0695. The van der Waals surface area contributed by atoms with Gasteiger partial charge in [0.05, 0.1) is 17.7 Å². The van der Waals surface area contributed by atoms with Crippen LogP contribution < -0.4 is 5.73 Å². The van der Waals surface area contributed by atoms with E-state index in [2.05, 4.69) is 11.8 Å². The van der Waals surface area contributed by atoms with E-state index in [1.807, 2.05) is 0 Å². The topological polar surface area (TPSA) is 63.3 Å². The van der Waals surface area contributed by atoms with Crippen molar-refractivity contribution >= 4 is 5.97 Å². The van der Waals surface area contributed by atoms with Gasteiger partial charge in [-0.2, -0.15) is 0 Å². The van der Waals surface area contributed by atoms with E-state index in [1.165, 1.54) is 0 Å². The molecule has 0 aliphatic carbocycles. The van der Waals surface area contributed by atoms with E-state index in [0.29, 0.717) is 12.1 Å². The Kier molecular flexibility index (Phi) is 3.37. The van der Waals surface area contributed by atoms with Crippen molar-refractivity contribution in [2.24, 2.45) is 5.73 Å². The standard InChI is InChI=1S/C10H7F2NO2/c11-8-4-6(10(14)15)5-9(12)7(8)2-1-3-13/h4-5H,3,13H2,(H,14,15). The van der Waals surface area contributed by atoms with Crippen molar-refractivity contribution in [1.29, 1.82) is 0 Å². The first-order valence-corrected chi connectivity index (χ1v) is 3.97. The first-order valence-electron chi connectivity index (χ1n) is 3.97. The van der Waals surface area contributed by atoms with Gasteiger partial charge in [0.1, 0.15) is 11.6 Å². The van der Waals surface area contributed by atoms with Gasteiger partial charge in [-0.1, -0.05) is 11.8 Å². The van der Waals surface area contributed by atoms with Gasteiger partial charge in [0.25, 0.3) is 0 Å². The Morgan fingerprint density at radius 1 is 1.40 bits per heavy atom. The van der Waals surface area contributed by atoms with Gasteiger partial charge in [0.2, 0.25) is 0 Å². The molecule has 5 heteroatoms. The molecule has 0 aliphatic heterocycles. The van der Waals surface area contributed by atoms with E-state index < -0.39 is 28.7 Å². The lowest BCUT2D eigenvalue weighted by atomic mass is 10.1. The third-order valence-electron chi connectivity index (χ3n) is 1.60. The molecule has 0 spiro atoms. The average molecular weight is 211 g/mol. The zero-order valence-electron chi connectivity index (χ0n) is 7.55. The fourth-order valence-electron chi connectivity index (χ4n) is 0.955. The summed E-state index contributed by atoms with van der Waals surface area (Å²) in [6, 6.07) is 1.43. The molecule has 15 heavy (non-hydrogen) atoms. The first-order chi connectivity index (χ1) is 7.06. The number of hydrogen-bond acceptors (Lipinski definition) is 2. The third kappa shape index (κ3) is 2.51. The van der Waals surface area contributed by atoms with Gasteiger partial charge >= 0.3 is 5.97 Å². The van der Waals surface area contributed by atoms with E-state index in [9.17, 15) is 13.6 Å². The molecule has 0 heterocycles. The van der Waals surface area contributed by atoms with Crippen LogP contribution in [0, 0.1) is 23.5 Å². The summed E-state index contributed by atoms with van der Waals surface area (Å²) in [4.78, 5) is 10.4. The molecule has 1 rings (SSSR count). The van der Waals surface area contributed by atoms with Gasteiger partial charge in [-0.05, 0) is 12.1 Å². The molecular weight excluding hydrogens is 204 g/mol. The molecule has 0 radical (unpaired) electrons. The number of halogens is 2. The third-order valence-corrected chi connectivity index (χ3v) is 1.60. The van der Waals surface area contributed by atoms with Crippen LogP contribution >= 0.6 is 0 Å². The van der Waals surface area contributed by atoms with E-state index in [4.69, 9.17) is 10.8 Å². The molecule has 0 atom stereocenters. The second kappa shape index (κ2) is 4.53. The Morgan fingerprint density at radius 3 is 2.33 bits per heavy atom. The summed E-state index contributed by atoms with van der Waals surface area (Å²) < 4.78 is 26.3. The molecule has 0 amide bonds. The number of hydrogen-bond donors (Lipinski definition) is 2. The highest BCUT2D eigenvalue weighted by Crippen LogP contribution is 2.14. The van der Waals surface area contributed by atoms with E-state index >= 15 is 0 Å². The minimum Gasteiger partial charge on any atom is -0.478 e. The quantitative estimate of drug-likeness (QED) is 0.680. The molecule has 0 saturated heterocycles. The Balaban J connectivity index is 3.27. The summed E-state index contributed by atoms with van der Waals surface area (Å²) >= 11 is 0. The zero-order valence-corrected chi connectivity index (χ0v) is 7.55. The van der Waals surface area contributed by atoms with Gasteiger partial charge < -0.3 is 10.8 Å². The van der Waals surface area contributed by atoms with Crippen LogP contribution in [0.1, 0.15) is 15.9 Å². The van der Waals surface area contributed by atoms with Crippen LogP contribution in [0.2, 0.25) is 0 Å². The van der Waals surface area contributed by atoms with Gasteiger partial charge in [-0.15, -0.1) is 0 Å². The van der Waals surface area contributed by atoms with E-state index in [0.717, 1.165) is 0 Å². The van der Waals surface area contributed by atoms with Crippen LogP contribution in [0.3, 0.4) is 0 Å². The zero-order chi connectivity index (χ0) is 11.4. The number of carboxylic acid groups (broad SMARTS) is 1. The van der Waals surface area contributed by atoms with Gasteiger partial charge in [0, 0.05) is 0 Å². The minimum atomic E-state index is -1.40. The van der Waals surface area contributed by atoms with Crippen LogP contribution in [0.4, 0.5) is 8.78 Å². The highest BCUT2D eigenvalue weighted by Gasteiger charge is 2.12. The van der Waals surface area contributed by atoms with Crippen molar-refractivity contribution in [3.05, 3.63) is 34.9 Å². The molecule has 0 fully saturated rings. The molecule has 0 aromatic heterocycles. The Hall–Kier alpha value is -1.93. The molecule has 3 nitrogen and oxygen atoms in total. The molecule has 1 aromatic rings. The van der Waals surface area contributed by atoms with E-state index in [1.54, 1.807) is 0 Å². The summed E-state index contributed by atoms with van der Waals surface area (Å²) in [5.74, 6) is 1.06. The molecule has 78 valence electrons. The molecule has 0 saturated carbocycles. The van der Waals surface area contributed by atoms with Crippen LogP contribution in [0.5, 0.6) is 0 Å². The largest absolute Gasteiger partial charge is 0.478 e. The number of nitrogens with two attached hydrogens (primary N) is 1. The maximum atomic E-state index is 13.1. The van der Waals surface area contributed by atoms with Crippen molar-refractivity contribution in [1.82, 2.24) is 0 Å². The number of carbonyl (C=O) groups is 1. The fraction of sp³-hybridized carbons (Fsp3) is 0.100. The number of carboxylic acids is 1. The molecule has 3 N–H and O–H groups in total. The van der Waals surface area contributed by atoms with Crippen LogP contribution in [0.25, 0.3) is 0 Å². The normalized spacial score (nSPS) is 9.27. The maximum Gasteiger partial charge on any atom is 0.335 e. The Bertz CT molecular complexity index is 437. The Labute approximate surface area is 84.5 Å². The average Bonchev–Trinajstić information content (AvgIpc) is 2.16. The maximum absolute atomic E-state index is 13.1. The van der Waals surface area contributed by atoms with Crippen molar-refractivity contribution in [2.45, 2.75) is 0 Å². The van der Waals surface area contributed by atoms with Crippen LogP contribution in [0.15, 0.2) is 12.1 Å². The summed E-state index contributed by atoms with van der Waals surface area (Å²) in [5, 5.41) is 8.51. The van der Waals surface area contributed by atoms with Crippen molar-refractivity contribution in [3.63, 3.8) is 0 Å². The van der Waals surface area contributed by atoms with Crippen LogP contribution in [-0.4, -0.2) is 17.6 Å². The molecule has 1 aromatic carbocycles. The summed E-state index contributed by atoms with van der Waals surface area (Å²) in [7, 11) is 0. The smallest absolute Gasteiger partial charge is 0.335 e. The fourth-order valence-corrected chi connectivity index (χ4v) is 0.955. The molecule has 0 aliphatic rings. The van der Waals surface area contributed by atoms with Crippen molar-refractivity contribution in [3.8, 4) is 11.8 Å². The summed E-state index contributed by atoms with van der Waals surface area (Å²) in [6.07, 6.45) is 0. The Morgan fingerprint density at radius 2 is 1.93 bits per heavy atom. The number of benzene rings is 1. The summed E-state index contributed by atoms with van der Waals surface area (Å²) in [6.45, 7) is -0.0282. The van der Waals surface area contributed by atoms with E-state index in [-0.39, 0.29) is 6.54 Å². The highest BCUT2D eigenvalue weighted by atomic mass is 19.1. The van der Waals surface area contributed by atoms with Crippen molar-refractivity contribution in [2.75, 3.05) is 6.54 Å². The lowest BCUT2D eigenvalue weighted by Gasteiger charge is -1.99. The predicted molar refractivity (Wildman–Crippen MR) is 49.2 cm³/mol. The second-order valence-corrected chi connectivity index (χ2v) is 2.63. The van der Waals surface area contributed by atoms with Crippen molar-refractivity contribution < 1.29 is 18.7 Å². The van der Waals surface area contributed by atoms with Crippen LogP contribution in [-0.2, 0) is 0 Å². The van der Waals surface area contributed by atoms with Gasteiger partial charge in [0.15, 0.2) is 0 Å². The predicted octanol–water partition coefficient (Wildman–Crippen LogP) is 0.973. The molecular formula is C10H7F2NO2. The monoisotopic (exact) mass is 211 g/mol. The molecule has 0 unspecified atom stereocenters. The van der Waals surface area contributed by atoms with Gasteiger partial charge in [-0.25, -0.2) is 13.6 Å². The molecule has 0 bridgehead atoms. The SMILES string of the molecule is NCC#Cc1c(F)cc(C(=O)O)cc1F. The first kappa shape index (κ1) is 11.1. The summed E-state index contributed by atoms with van der Waals surface area (Å²) in [5.41, 5.74) is 4.12. The number of aromatic carboxylic acids is 1.